The lowest BCUT2D eigenvalue weighted by Gasteiger charge is -2.32. The summed E-state index contributed by atoms with van der Waals surface area (Å²) in [6, 6.07) is 6.82. The first kappa shape index (κ1) is 26.5. The second-order valence-corrected chi connectivity index (χ2v) is 9.88. The Morgan fingerprint density at radius 3 is 2.54 bits per heavy atom. The van der Waals surface area contributed by atoms with Crippen LogP contribution in [0.4, 0.5) is 10.5 Å². The summed E-state index contributed by atoms with van der Waals surface area (Å²) in [7, 11) is 0. The third kappa shape index (κ3) is 8.24. The van der Waals surface area contributed by atoms with Crippen LogP contribution in [-0.4, -0.2) is 73.2 Å². The summed E-state index contributed by atoms with van der Waals surface area (Å²) in [5, 5.41) is 8.25. The number of hydrogen-bond donors (Lipinski definition) is 3. The van der Waals surface area contributed by atoms with E-state index in [1.807, 2.05) is 0 Å². The van der Waals surface area contributed by atoms with Crippen molar-refractivity contribution in [3.05, 3.63) is 29.8 Å². The molecule has 0 bridgehead atoms. The molecule has 2 saturated heterocycles. The number of ether oxygens (including phenoxy) is 2. The quantitative estimate of drug-likeness (QED) is 0.506. The van der Waals surface area contributed by atoms with Gasteiger partial charge in [0.2, 0.25) is 5.91 Å². The number of hydrogen-bond acceptors (Lipinski definition) is 6. The molecule has 4 amide bonds. The molecule has 10 heteroatoms. The van der Waals surface area contributed by atoms with E-state index in [4.69, 9.17) is 9.47 Å². The largest absolute Gasteiger partial charge is 0.444 e. The van der Waals surface area contributed by atoms with Gasteiger partial charge in [0.05, 0.1) is 5.92 Å². The number of amides is 4. The van der Waals surface area contributed by atoms with E-state index in [0.29, 0.717) is 43.8 Å². The molecule has 2 heterocycles. The molecule has 2 unspecified atom stereocenters. The molecular formula is C25H36N4O6. The fourth-order valence-electron chi connectivity index (χ4n) is 4.10. The van der Waals surface area contributed by atoms with Gasteiger partial charge in [-0.05, 0) is 64.7 Å². The summed E-state index contributed by atoms with van der Waals surface area (Å²) in [6.07, 6.45) is 1.98. The maximum Gasteiger partial charge on any atom is 0.407 e. The predicted octanol–water partition coefficient (Wildman–Crippen LogP) is 2.30. The SMILES string of the molecule is CC(C)(C)OC(=O)NCCNC(=O)C1CCCN(C(=O)c2cccc(NC(=O)C3CCCO3)c2)C1. The van der Waals surface area contributed by atoms with Gasteiger partial charge in [0.25, 0.3) is 11.8 Å². The maximum atomic E-state index is 13.1. The number of nitrogens with zero attached hydrogens (tertiary/aromatic N) is 1. The minimum absolute atomic E-state index is 0.147. The molecule has 2 atom stereocenters. The van der Waals surface area contributed by atoms with E-state index < -0.39 is 17.8 Å². The van der Waals surface area contributed by atoms with Crippen LogP contribution in [-0.2, 0) is 19.1 Å². The molecule has 2 aliphatic rings. The summed E-state index contributed by atoms with van der Waals surface area (Å²) in [4.78, 5) is 51.4. The van der Waals surface area contributed by atoms with Crippen LogP contribution in [0, 0.1) is 5.92 Å². The second kappa shape index (κ2) is 12.0. The van der Waals surface area contributed by atoms with Crippen molar-refractivity contribution in [1.29, 1.82) is 0 Å². The van der Waals surface area contributed by atoms with Crippen LogP contribution in [0.1, 0.15) is 56.8 Å². The monoisotopic (exact) mass is 488 g/mol. The molecule has 1 aromatic carbocycles. The molecule has 0 saturated carbocycles. The first-order valence-corrected chi connectivity index (χ1v) is 12.2. The lowest BCUT2D eigenvalue weighted by Crippen LogP contribution is -2.46. The topological polar surface area (TPSA) is 126 Å². The Hall–Kier alpha value is -3.14. The van der Waals surface area contributed by atoms with E-state index >= 15 is 0 Å². The minimum atomic E-state index is -0.582. The minimum Gasteiger partial charge on any atom is -0.444 e. The van der Waals surface area contributed by atoms with E-state index in [2.05, 4.69) is 16.0 Å². The number of likely N-dealkylation sites (tertiary alicyclic amines) is 1. The van der Waals surface area contributed by atoms with E-state index in [1.54, 1.807) is 49.9 Å². The fraction of sp³-hybridized carbons (Fsp3) is 0.600. The maximum absolute atomic E-state index is 13.1. The summed E-state index contributed by atoms with van der Waals surface area (Å²) in [6.45, 7) is 7.33. The summed E-state index contributed by atoms with van der Waals surface area (Å²) < 4.78 is 10.6. The molecule has 0 aromatic heterocycles. The van der Waals surface area contributed by atoms with Crippen molar-refractivity contribution < 1.29 is 28.7 Å². The van der Waals surface area contributed by atoms with Gasteiger partial charge in [-0.25, -0.2) is 4.79 Å². The van der Waals surface area contributed by atoms with Gasteiger partial charge < -0.3 is 30.3 Å². The number of piperidine rings is 1. The van der Waals surface area contributed by atoms with E-state index in [0.717, 1.165) is 12.8 Å². The molecule has 3 N–H and O–H groups in total. The van der Waals surface area contributed by atoms with Gasteiger partial charge in [-0.3, -0.25) is 14.4 Å². The second-order valence-electron chi connectivity index (χ2n) is 9.88. The van der Waals surface area contributed by atoms with Crippen LogP contribution in [0.25, 0.3) is 0 Å². The molecule has 35 heavy (non-hydrogen) atoms. The Balaban J connectivity index is 1.47. The van der Waals surface area contributed by atoms with Crippen LogP contribution in [0.2, 0.25) is 0 Å². The normalized spacial score (nSPS) is 20.1. The predicted molar refractivity (Wildman–Crippen MR) is 130 cm³/mol. The van der Waals surface area contributed by atoms with E-state index in [1.165, 1.54) is 0 Å². The summed E-state index contributed by atoms with van der Waals surface area (Å²) in [5.41, 5.74) is 0.416. The Morgan fingerprint density at radius 1 is 1.06 bits per heavy atom. The molecule has 2 aliphatic heterocycles. The molecule has 0 aliphatic carbocycles. The van der Waals surface area contributed by atoms with Gasteiger partial charge in [-0.1, -0.05) is 6.07 Å². The van der Waals surface area contributed by atoms with Crippen molar-refractivity contribution in [2.24, 2.45) is 5.92 Å². The lowest BCUT2D eigenvalue weighted by atomic mass is 9.96. The van der Waals surface area contributed by atoms with Crippen molar-refractivity contribution in [1.82, 2.24) is 15.5 Å². The van der Waals surface area contributed by atoms with Gasteiger partial charge in [-0.2, -0.15) is 0 Å². The van der Waals surface area contributed by atoms with Gasteiger partial charge in [0.15, 0.2) is 0 Å². The van der Waals surface area contributed by atoms with Gasteiger partial charge in [-0.15, -0.1) is 0 Å². The Morgan fingerprint density at radius 2 is 1.83 bits per heavy atom. The molecule has 3 rings (SSSR count). The van der Waals surface area contributed by atoms with Crippen molar-refractivity contribution in [2.45, 2.75) is 58.2 Å². The smallest absolute Gasteiger partial charge is 0.407 e. The van der Waals surface area contributed by atoms with Crippen LogP contribution in [0.3, 0.4) is 0 Å². The molecule has 192 valence electrons. The summed E-state index contributed by atoms with van der Waals surface area (Å²) >= 11 is 0. The number of rotatable bonds is 7. The highest BCUT2D eigenvalue weighted by molar-refractivity contribution is 5.98. The van der Waals surface area contributed by atoms with Crippen molar-refractivity contribution in [3.63, 3.8) is 0 Å². The number of carbonyl (C=O) groups is 4. The zero-order chi connectivity index (χ0) is 25.4. The zero-order valence-corrected chi connectivity index (χ0v) is 20.7. The average molecular weight is 489 g/mol. The lowest BCUT2D eigenvalue weighted by molar-refractivity contribution is -0.126. The van der Waals surface area contributed by atoms with Crippen LogP contribution in [0.5, 0.6) is 0 Å². The number of carbonyl (C=O) groups excluding carboxylic acids is 4. The molecule has 0 spiro atoms. The van der Waals surface area contributed by atoms with Crippen LogP contribution >= 0.6 is 0 Å². The zero-order valence-electron chi connectivity index (χ0n) is 20.7. The number of alkyl carbamates (subject to hydrolysis) is 1. The highest BCUT2D eigenvalue weighted by Crippen LogP contribution is 2.21. The van der Waals surface area contributed by atoms with Gasteiger partial charge in [0, 0.05) is 44.0 Å². The summed E-state index contributed by atoms with van der Waals surface area (Å²) in [5.74, 6) is -0.854. The molecule has 1 aromatic rings. The Labute approximate surface area is 206 Å². The fourth-order valence-corrected chi connectivity index (χ4v) is 4.10. The third-order valence-electron chi connectivity index (χ3n) is 5.77. The number of anilines is 1. The van der Waals surface area contributed by atoms with Crippen LogP contribution in [0.15, 0.2) is 24.3 Å². The molecule has 10 nitrogen and oxygen atoms in total. The van der Waals surface area contributed by atoms with Gasteiger partial charge in [0.1, 0.15) is 11.7 Å². The van der Waals surface area contributed by atoms with E-state index in [9.17, 15) is 19.2 Å². The van der Waals surface area contributed by atoms with Crippen molar-refractivity contribution in [2.75, 3.05) is 38.1 Å². The van der Waals surface area contributed by atoms with Crippen LogP contribution < -0.4 is 16.0 Å². The van der Waals surface area contributed by atoms with Crippen molar-refractivity contribution in [3.8, 4) is 0 Å². The van der Waals surface area contributed by atoms with E-state index in [-0.39, 0.29) is 36.7 Å². The first-order chi connectivity index (χ1) is 16.6. The Bertz CT molecular complexity index is 923. The third-order valence-corrected chi connectivity index (χ3v) is 5.77. The Kier molecular flexibility index (Phi) is 9.08. The molecule has 0 radical (unpaired) electrons. The standard InChI is InChI=1S/C25H36N4O6/c1-25(2,3)35-24(33)27-12-11-26-21(30)18-8-5-13-29(16-18)23(32)17-7-4-9-19(15-17)28-22(31)20-10-6-14-34-20/h4,7,9,15,18,20H,5-6,8,10-14,16H2,1-3H3,(H,26,30)(H,27,33)(H,28,31). The molecular weight excluding hydrogens is 452 g/mol. The van der Waals surface area contributed by atoms with Gasteiger partial charge >= 0.3 is 6.09 Å². The highest BCUT2D eigenvalue weighted by Gasteiger charge is 2.29. The molecule has 2 fully saturated rings. The number of benzene rings is 1. The average Bonchev–Trinajstić information content (AvgIpc) is 3.36. The highest BCUT2D eigenvalue weighted by atomic mass is 16.6. The van der Waals surface area contributed by atoms with Crippen molar-refractivity contribution >= 4 is 29.5 Å². The first-order valence-electron chi connectivity index (χ1n) is 12.2. The number of nitrogens with one attached hydrogen (secondary N) is 3.